The smallest absolute Gasteiger partial charge is 0.323 e. The summed E-state index contributed by atoms with van der Waals surface area (Å²) in [4.78, 5) is 11.8. The SMILES string of the molecule is CCOC(=O)[C@H](N)Cc1cccc(-c2cccc(OCc3ccccc3)c2)c1. The van der Waals surface area contributed by atoms with E-state index in [2.05, 4.69) is 6.07 Å². The van der Waals surface area contributed by atoms with Crippen molar-refractivity contribution >= 4 is 5.97 Å². The quantitative estimate of drug-likeness (QED) is 0.594. The standard InChI is InChI=1S/C24H25NO3/c1-2-27-24(26)23(25)15-19-10-6-11-20(14-19)21-12-7-13-22(16-21)28-17-18-8-4-3-5-9-18/h3-14,16,23H,2,15,17,25H2,1H3/t23-/m1/s1. The normalized spacial score (nSPS) is 11.6. The van der Waals surface area contributed by atoms with E-state index in [9.17, 15) is 4.79 Å². The zero-order chi connectivity index (χ0) is 19.8. The largest absolute Gasteiger partial charge is 0.489 e. The van der Waals surface area contributed by atoms with Crippen molar-refractivity contribution in [2.45, 2.75) is 26.0 Å². The van der Waals surface area contributed by atoms with Gasteiger partial charge in [0.1, 0.15) is 18.4 Å². The van der Waals surface area contributed by atoms with E-state index in [0.29, 0.717) is 19.6 Å². The molecule has 1 atom stereocenters. The van der Waals surface area contributed by atoms with Gasteiger partial charge in [-0.15, -0.1) is 0 Å². The summed E-state index contributed by atoms with van der Waals surface area (Å²) in [5.41, 5.74) is 10.2. The highest BCUT2D eigenvalue weighted by Gasteiger charge is 2.15. The molecule has 2 N–H and O–H groups in total. The van der Waals surface area contributed by atoms with E-state index in [-0.39, 0.29) is 5.97 Å². The molecule has 0 heterocycles. The third-order valence-corrected chi connectivity index (χ3v) is 4.39. The Labute approximate surface area is 165 Å². The van der Waals surface area contributed by atoms with Gasteiger partial charge in [-0.05, 0) is 47.7 Å². The topological polar surface area (TPSA) is 61.5 Å². The highest BCUT2D eigenvalue weighted by Crippen LogP contribution is 2.25. The number of rotatable bonds is 8. The van der Waals surface area contributed by atoms with Gasteiger partial charge in [-0.1, -0.05) is 66.7 Å². The maximum atomic E-state index is 11.8. The van der Waals surface area contributed by atoms with Crippen molar-refractivity contribution in [1.82, 2.24) is 0 Å². The fourth-order valence-corrected chi connectivity index (χ4v) is 2.97. The van der Waals surface area contributed by atoms with E-state index in [1.165, 1.54) is 0 Å². The minimum Gasteiger partial charge on any atom is -0.489 e. The molecule has 0 radical (unpaired) electrons. The molecule has 28 heavy (non-hydrogen) atoms. The molecular formula is C24H25NO3. The van der Waals surface area contributed by atoms with Crippen LogP contribution in [0.4, 0.5) is 0 Å². The van der Waals surface area contributed by atoms with Gasteiger partial charge in [0.2, 0.25) is 0 Å². The molecule has 3 aromatic carbocycles. The van der Waals surface area contributed by atoms with Crippen molar-refractivity contribution in [1.29, 1.82) is 0 Å². The van der Waals surface area contributed by atoms with Crippen molar-refractivity contribution in [2.24, 2.45) is 5.73 Å². The summed E-state index contributed by atoms with van der Waals surface area (Å²) >= 11 is 0. The van der Waals surface area contributed by atoms with Gasteiger partial charge in [0.25, 0.3) is 0 Å². The van der Waals surface area contributed by atoms with Crippen LogP contribution in [0.5, 0.6) is 5.75 Å². The molecule has 0 bridgehead atoms. The Morgan fingerprint density at radius 3 is 2.32 bits per heavy atom. The number of nitrogens with two attached hydrogens (primary N) is 1. The Kier molecular flexibility index (Phi) is 6.82. The summed E-state index contributed by atoms with van der Waals surface area (Å²) in [6.07, 6.45) is 0.441. The van der Waals surface area contributed by atoms with E-state index >= 15 is 0 Å². The lowest BCUT2D eigenvalue weighted by Crippen LogP contribution is -2.34. The zero-order valence-corrected chi connectivity index (χ0v) is 16.0. The minimum absolute atomic E-state index is 0.336. The summed E-state index contributed by atoms with van der Waals surface area (Å²) in [7, 11) is 0. The first-order chi connectivity index (χ1) is 13.7. The zero-order valence-electron chi connectivity index (χ0n) is 16.0. The molecule has 0 aliphatic carbocycles. The second-order valence-electron chi connectivity index (χ2n) is 6.57. The van der Waals surface area contributed by atoms with Gasteiger partial charge in [-0.2, -0.15) is 0 Å². The van der Waals surface area contributed by atoms with Gasteiger partial charge in [0.15, 0.2) is 0 Å². The molecule has 0 spiro atoms. The molecule has 144 valence electrons. The van der Waals surface area contributed by atoms with Gasteiger partial charge in [0, 0.05) is 0 Å². The number of esters is 1. The predicted octanol–water partition coefficient (Wildman–Crippen LogP) is 4.37. The maximum Gasteiger partial charge on any atom is 0.323 e. The van der Waals surface area contributed by atoms with Gasteiger partial charge in [-0.3, -0.25) is 4.79 Å². The fourth-order valence-electron chi connectivity index (χ4n) is 2.97. The number of ether oxygens (including phenoxy) is 2. The number of hydrogen-bond donors (Lipinski definition) is 1. The van der Waals surface area contributed by atoms with Gasteiger partial charge in [-0.25, -0.2) is 0 Å². The molecule has 0 aromatic heterocycles. The Hall–Kier alpha value is -3.11. The average Bonchev–Trinajstić information content (AvgIpc) is 2.73. The number of benzene rings is 3. The van der Waals surface area contributed by atoms with E-state index in [4.69, 9.17) is 15.2 Å². The lowest BCUT2D eigenvalue weighted by molar-refractivity contribution is -0.144. The third-order valence-electron chi connectivity index (χ3n) is 4.39. The average molecular weight is 375 g/mol. The van der Waals surface area contributed by atoms with Crippen LogP contribution < -0.4 is 10.5 Å². The van der Waals surface area contributed by atoms with Crippen molar-refractivity contribution < 1.29 is 14.3 Å². The second-order valence-corrected chi connectivity index (χ2v) is 6.57. The molecular weight excluding hydrogens is 350 g/mol. The highest BCUT2D eigenvalue weighted by molar-refractivity contribution is 5.76. The van der Waals surface area contributed by atoms with Gasteiger partial charge < -0.3 is 15.2 Å². The first-order valence-electron chi connectivity index (χ1n) is 9.44. The van der Waals surface area contributed by atoms with Crippen LogP contribution in [-0.4, -0.2) is 18.6 Å². The van der Waals surface area contributed by atoms with Gasteiger partial charge >= 0.3 is 5.97 Å². The van der Waals surface area contributed by atoms with E-state index in [1.54, 1.807) is 6.92 Å². The lowest BCUT2D eigenvalue weighted by atomic mass is 9.99. The van der Waals surface area contributed by atoms with Gasteiger partial charge in [0.05, 0.1) is 6.61 Å². The van der Waals surface area contributed by atoms with Crippen LogP contribution in [-0.2, 0) is 22.6 Å². The molecule has 3 rings (SSSR count). The molecule has 0 saturated carbocycles. The molecule has 0 aliphatic rings. The van der Waals surface area contributed by atoms with E-state index in [0.717, 1.165) is 28.0 Å². The summed E-state index contributed by atoms with van der Waals surface area (Å²) in [5, 5.41) is 0. The molecule has 3 aromatic rings. The monoisotopic (exact) mass is 375 g/mol. The molecule has 0 fully saturated rings. The van der Waals surface area contributed by atoms with Crippen molar-refractivity contribution in [3.05, 3.63) is 90.0 Å². The van der Waals surface area contributed by atoms with Crippen molar-refractivity contribution in [2.75, 3.05) is 6.61 Å². The van der Waals surface area contributed by atoms with Crippen LogP contribution in [0.3, 0.4) is 0 Å². The van der Waals surface area contributed by atoms with Crippen LogP contribution >= 0.6 is 0 Å². The third kappa shape index (κ3) is 5.44. The Morgan fingerprint density at radius 2 is 1.57 bits per heavy atom. The number of carbonyl (C=O) groups is 1. The number of carbonyl (C=O) groups excluding carboxylic acids is 1. The van der Waals surface area contributed by atoms with Crippen molar-refractivity contribution in [3.63, 3.8) is 0 Å². The fraction of sp³-hybridized carbons (Fsp3) is 0.208. The van der Waals surface area contributed by atoms with E-state index in [1.807, 2.05) is 72.8 Å². The predicted molar refractivity (Wildman–Crippen MR) is 111 cm³/mol. The second kappa shape index (κ2) is 9.72. The van der Waals surface area contributed by atoms with Crippen molar-refractivity contribution in [3.8, 4) is 16.9 Å². The highest BCUT2D eigenvalue weighted by atomic mass is 16.5. The van der Waals surface area contributed by atoms with Crippen LogP contribution in [0.1, 0.15) is 18.1 Å². The minimum atomic E-state index is -0.657. The van der Waals surface area contributed by atoms with Crippen LogP contribution in [0.25, 0.3) is 11.1 Å². The Balaban J connectivity index is 1.70. The summed E-state index contributed by atoms with van der Waals surface area (Å²) in [5.74, 6) is 0.444. The Bertz CT molecular complexity index is 908. The number of hydrogen-bond acceptors (Lipinski definition) is 4. The molecule has 0 aliphatic heterocycles. The summed E-state index contributed by atoms with van der Waals surface area (Å²) in [6, 6.07) is 25.4. The first kappa shape index (κ1) is 19.6. The first-order valence-corrected chi connectivity index (χ1v) is 9.44. The van der Waals surface area contributed by atoms with Crippen LogP contribution in [0, 0.1) is 0 Å². The van der Waals surface area contributed by atoms with E-state index < -0.39 is 6.04 Å². The molecule has 4 heteroatoms. The molecule has 0 unspecified atom stereocenters. The lowest BCUT2D eigenvalue weighted by Gasteiger charge is -2.12. The molecule has 0 amide bonds. The maximum absolute atomic E-state index is 11.8. The van der Waals surface area contributed by atoms with Crippen LogP contribution in [0.15, 0.2) is 78.9 Å². The van der Waals surface area contributed by atoms with Crippen LogP contribution in [0.2, 0.25) is 0 Å². The summed E-state index contributed by atoms with van der Waals surface area (Å²) < 4.78 is 10.9. The Morgan fingerprint density at radius 1 is 0.893 bits per heavy atom. The summed E-state index contributed by atoms with van der Waals surface area (Å²) in [6.45, 7) is 2.64. The molecule has 4 nitrogen and oxygen atoms in total. The molecule has 0 saturated heterocycles.